The van der Waals surface area contributed by atoms with E-state index in [1.165, 1.54) is 61.1 Å². The highest BCUT2D eigenvalue weighted by atomic mass is 15.3. The van der Waals surface area contributed by atoms with Crippen LogP contribution in [0.15, 0.2) is 133 Å². The third-order valence-electron chi connectivity index (χ3n) is 7.81. The molecule has 0 amide bonds. The lowest BCUT2D eigenvalue weighted by Crippen LogP contribution is -2.23. The largest absolute Gasteiger partial charge is 0.359 e. The molecule has 1 unspecified atom stereocenters. The van der Waals surface area contributed by atoms with Crippen LogP contribution < -0.4 is 10.2 Å². The van der Waals surface area contributed by atoms with E-state index in [1.807, 2.05) is 0 Å². The highest BCUT2D eigenvalue weighted by molar-refractivity contribution is 6.18. The summed E-state index contributed by atoms with van der Waals surface area (Å²) in [5.41, 5.74) is 12.6. The highest BCUT2D eigenvalue weighted by Crippen LogP contribution is 2.50. The molecular formula is C35H24N2. The molecular weight excluding hydrogens is 448 g/mol. The maximum atomic E-state index is 3.75. The van der Waals surface area contributed by atoms with Crippen molar-refractivity contribution in [2.24, 2.45) is 0 Å². The van der Waals surface area contributed by atoms with Crippen molar-refractivity contribution in [1.29, 1.82) is 0 Å². The molecule has 6 aromatic rings. The van der Waals surface area contributed by atoms with Gasteiger partial charge in [-0.15, -0.1) is 0 Å². The molecule has 2 heteroatoms. The second kappa shape index (κ2) is 7.84. The van der Waals surface area contributed by atoms with E-state index in [4.69, 9.17) is 0 Å². The summed E-state index contributed by atoms with van der Waals surface area (Å²) in [5, 5.41) is 6.42. The molecule has 0 spiro atoms. The molecule has 1 N–H and O–H groups in total. The number of para-hydroxylation sites is 2. The minimum Gasteiger partial charge on any atom is -0.359 e. The third kappa shape index (κ3) is 2.99. The number of fused-ring (bicyclic) bond motifs is 4. The summed E-state index contributed by atoms with van der Waals surface area (Å²) in [6, 6.07) is 48.3. The van der Waals surface area contributed by atoms with Crippen molar-refractivity contribution in [3.05, 3.63) is 139 Å². The standard InChI is InChI=1S/C35H24N2/c1-2-10-23(11-3-1)35-36-32-18-6-7-19-33(32)37(35)25-13-8-12-24(22-25)26-20-21-31-28-15-5-4-14-27(28)30-17-9-16-29(26)34(30)31/h1-22,35-36H. The Labute approximate surface area is 216 Å². The van der Waals surface area contributed by atoms with Crippen molar-refractivity contribution in [3.8, 4) is 33.4 Å². The van der Waals surface area contributed by atoms with Gasteiger partial charge in [0, 0.05) is 5.69 Å². The first kappa shape index (κ1) is 20.4. The maximum absolute atomic E-state index is 3.75. The lowest BCUT2D eigenvalue weighted by atomic mass is 9.94. The maximum Gasteiger partial charge on any atom is 0.130 e. The van der Waals surface area contributed by atoms with Crippen molar-refractivity contribution in [3.63, 3.8) is 0 Å². The first-order valence-corrected chi connectivity index (χ1v) is 12.8. The normalized spacial score (nSPS) is 14.9. The number of nitrogens with one attached hydrogen (secondary N) is 1. The van der Waals surface area contributed by atoms with Gasteiger partial charge >= 0.3 is 0 Å². The smallest absolute Gasteiger partial charge is 0.130 e. The highest BCUT2D eigenvalue weighted by Gasteiger charge is 2.31. The molecule has 1 heterocycles. The van der Waals surface area contributed by atoms with Crippen LogP contribution >= 0.6 is 0 Å². The van der Waals surface area contributed by atoms with E-state index < -0.39 is 0 Å². The topological polar surface area (TPSA) is 15.3 Å². The Balaban J connectivity index is 1.29. The molecule has 1 aliphatic heterocycles. The van der Waals surface area contributed by atoms with Crippen molar-refractivity contribution in [2.75, 3.05) is 10.2 Å². The van der Waals surface area contributed by atoms with Gasteiger partial charge in [-0.2, -0.15) is 0 Å². The summed E-state index contributed by atoms with van der Waals surface area (Å²) in [7, 11) is 0. The van der Waals surface area contributed by atoms with Gasteiger partial charge in [-0.1, -0.05) is 109 Å². The quantitative estimate of drug-likeness (QED) is 0.275. The van der Waals surface area contributed by atoms with Crippen LogP contribution in [-0.4, -0.2) is 0 Å². The fourth-order valence-corrected chi connectivity index (χ4v) is 6.20. The van der Waals surface area contributed by atoms with Gasteiger partial charge in [0.2, 0.25) is 0 Å². The minimum atomic E-state index is 0.0381. The summed E-state index contributed by atoms with van der Waals surface area (Å²) < 4.78 is 0. The van der Waals surface area contributed by atoms with E-state index in [-0.39, 0.29) is 6.17 Å². The number of anilines is 3. The lowest BCUT2D eigenvalue weighted by molar-refractivity contribution is 0.828. The Bertz CT molecular complexity index is 1790. The van der Waals surface area contributed by atoms with E-state index >= 15 is 0 Å². The molecule has 0 bridgehead atoms. The number of benzene rings is 6. The van der Waals surface area contributed by atoms with Crippen molar-refractivity contribution < 1.29 is 0 Å². The van der Waals surface area contributed by atoms with Crippen LogP contribution in [0.5, 0.6) is 0 Å². The molecule has 1 atom stereocenters. The molecule has 6 aromatic carbocycles. The van der Waals surface area contributed by atoms with Gasteiger partial charge in [-0.25, -0.2) is 0 Å². The summed E-state index contributed by atoms with van der Waals surface area (Å²) in [6.07, 6.45) is 0.0381. The van der Waals surface area contributed by atoms with Crippen molar-refractivity contribution >= 4 is 27.8 Å². The first-order chi connectivity index (χ1) is 18.4. The number of nitrogens with zero attached hydrogens (tertiary/aromatic N) is 1. The second-order valence-corrected chi connectivity index (χ2v) is 9.83. The van der Waals surface area contributed by atoms with Crippen LogP contribution in [0.3, 0.4) is 0 Å². The van der Waals surface area contributed by atoms with E-state index in [1.54, 1.807) is 0 Å². The van der Waals surface area contributed by atoms with Crippen LogP contribution in [0.25, 0.3) is 44.2 Å². The lowest BCUT2D eigenvalue weighted by Gasteiger charge is -2.28. The second-order valence-electron chi connectivity index (χ2n) is 9.83. The summed E-state index contributed by atoms with van der Waals surface area (Å²) in [5.74, 6) is 0. The van der Waals surface area contributed by atoms with Crippen LogP contribution in [0.1, 0.15) is 11.7 Å². The Morgan fingerprint density at radius 3 is 2.05 bits per heavy atom. The van der Waals surface area contributed by atoms with Crippen LogP contribution in [0.2, 0.25) is 0 Å². The van der Waals surface area contributed by atoms with E-state index in [2.05, 4.69) is 144 Å². The van der Waals surface area contributed by atoms with Gasteiger partial charge in [0.05, 0.1) is 11.4 Å². The molecule has 2 nitrogen and oxygen atoms in total. The zero-order chi connectivity index (χ0) is 24.3. The van der Waals surface area contributed by atoms with Crippen LogP contribution in [-0.2, 0) is 0 Å². The molecule has 0 saturated carbocycles. The van der Waals surface area contributed by atoms with E-state index in [0.717, 1.165) is 5.69 Å². The molecule has 1 aliphatic carbocycles. The van der Waals surface area contributed by atoms with Crippen LogP contribution in [0.4, 0.5) is 17.1 Å². The Kier molecular flexibility index (Phi) is 4.32. The summed E-state index contributed by atoms with van der Waals surface area (Å²) in [4.78, 5) is 2.42. The first-order valence-electron chi connectivity index (χ1n) is 12.8. The predicted octanol–water partition coefficient (Wildman–Crippen LogP) is 9.42. The average Bonchev–Trinajstić information content (AvgIpc) is 3.52. The van der Waals surface area contributed by atoms with Gasteiger partial charge in [-0.05, 0) is 74.0 Å². The fourth-order valence-electron chi connectivity index (χ4n) is 6.20. The van der Waals surface area contributed by atoms with E-state index in [0.29, 0.717) is 0 Å². The molecule has 174 valence electrons. The number of rotatable bonds is 3. The molecule has 8 rings (SSSR count). The SMILES string of the molecule is c1ccc(C2Nc3ccccc3N2c2cccc(-c3ccc4c5c(cccc35)-c3ccccc3-4)c2)cc1. The molecule has 0 saturated heterocycles. The molecule has 0 aromatic heterocycles. The average molecular weight is 473 g/mol. The number of hydrogen-bond donors (Lipinski definition) is 1. The Hall–Kier alpha value is -4.82. The molecule has 2 aliphatic rings. The van der Waals surface area contributed by atoms with Crippen molar-refractivity contribution in [2.45, 2.75) is 6.17 Å². The molecule has 0 fully saturated rings. The Morgan fingerprint density at radius 2 is 1.19 bits per heavy atom. The Morgan fingerprint density at radius 1 is 0.514 bits per heavy atom. The zero-order valence-electron chi connectivity index (χ0n) is 20.2. The minimum absolute atomic E-state index is 0.0381. The fraction of sp³-hybridized carbons (Fsp3) is 0.0286. The van der Waals surface area contributed by atoms with Crippen molar-refractivity contribution in [1.82, 2.24) is 0 Å². The van der Waals surface area contributed by atoms with E-state index in [9.17, 15) is 0 Å². The summed E-state index contributed by atoms with van der Waals surface area (Å²) in [6.45, 7) is 0. The van der Waals surface area contributed by atoms with Gasteiger partial charge in [0.25, 0.3) is 0 Å². The van der Waals surface area contributed by atoms with Gasteiger partial charge < -0.3 is 10.2 Å². The summed E-state index contributed by atoms with van der Waals surface area (Å²) >= 11 is 0. The van der Waals surface area contributed by atoms with Gasteiger partial charge in [0.1, 0.15) is 6.17 Å². The molecule has 37 heavy (non-hydrogen) atoms. The van der Waals surface area contributed by atoms with Crippen LogP contribution in [0, 0.1) is 0 Å². The third-order valence-corrected chi connectivity index (χ3v) is 7.81. The monoisotopic (exact) mass is 472 g/mol. The number of hydrogen-bond acceptors (Lipinski definition) is 2. The van der Waals surface area contributed by atoms with Gasteiger partial charge in [0.15, 0.2) is 0 Å². The predicted molar refractivity (Wildman–Crippen MR) is 155 cm³/mol. The van der Waals surface area contributed by atoms with Gasteiger partial charge in [-0.3, -0.25) is 0 Å². The molecule has 0 radical (unpaired) electrons. The zero-order valence-corrected chi connectivity index (χ0v) is 20.2.